The zero-order valence-electron chi connectivity index (χ0n) is 11.4. The fourth-order valence-electron chi connectivity index (χ4n) is 2.24. The van der Waals surface area contributed by atoms with Gasteiger partial charge in [0.1, 0.15) is 0 Å². The summed E-state index contributed by atoms with van der Waals surface area (Å²) >= 11 is 0. The van der Waals surface area contributed by atoms with Crippen LogP contribution in [0.4, 0.5) is 17.1 Å². The normalized spacial score (nSPS) is 10.0. The maximum atomic E-state index is 8.86. The first kappa shape index (κ1) is 13.0. The van der Waals surface area contributed by atoms with Crippen molar-refractivity contribution in [3.8, 4) is 6.07 Å². The number of nitrogen functional groups attached to an aromatic ring is 1. The summed E-state index contributed by atoms with van der Waals surface area (Å²) < 4.78 is 0. The van der Waals surface area contributed by atoms with Crippen molar-refractivity contribution < 1.29 is 0 Å². The van der Waals surface area contributed by atoms with Gasteiger partial charge in [0.2, 0.25) is 0 Å². The van der Waals surface area contributed by atoms with Crippen LogP contribution in [0.1, 0.15) is 16.7 Å². The second-order valence-electron chi connectivity index (χ2n) is 4.73. The monoisotopic (exact) mass is 251 g/mol. The van der Waals surface area contributed by atoms with Crippen molar-refractivity contribution in [3.63, 3.8) is 0 Å². The lowest BCUT2D eigenvalue weighted by atomic mass is 10.1. The lowest BCUT2D eigenvalue weighted by molar-refractivity contribution is 1.18. The smallest absolute Gasteiger partial charge is 0.0992 e. The van der Waals surface area contributed by atoms with Gasteiger partial charge in [-0.3, -0.25) is 0 Å². The highest BCUT2D eigenvalue weighted by Crippen LogP contribution is 2.31. The van der Waals surface area contributed by atoms with Gasteiger partial charge in [-0.05, 0) is 43.7 Å². The minimum Gasteiger partial charge on any atom is -0.397 e. The molecule has 3 heteroatoms. The Labute approximate surface area is 113 Å². The van der Waals surface area contributed by atoms with E-state index in [0.29, 0.717) is 11.3 Å². The number of anilines is 3. The van der Waals surface area contributed by atoms with Gasteiger partial charge < -0.3 is 10.6 Å². The minimum atomic E-state index is 0.579. The van der Waals surface area contributed by atoms with E-state index in [1.807, 2.05) is 18.0 Å². The molecule has 0 amide bonds. The molecule has 0 bridgehead atoms. The SMILES string of the molecule is Cc1ccc(N(C)c2ccc(C#N)cc2N)c(C)c1. The molecule has 96 valence electrons. The third-order valence-electron chi connectivity index (χ3n) is 3.23. The molecular weight excluding hydrogens is 234 g/mol. The van der Waals surface area contributed by atoms with E-state index >= 15 is 0 Å². The van der Waals surface area contributed by atoms with Gasteiger partial charge in [0, 0.05) is 12.7 Å². The zero-order chi connectivity index (χ0) is 14.0. The van der Waals surface area contributed by atoms with Gasteiger partial charge in [-0.2, -0.15) is 5.26 Å². The molecule has 0 heterocycles. The molecule has 2 aromatic rings. The first-order valence-electron chi connectivity index (χ1n) is 6.13. The molecule has 0 atom stereocenters. The maximum Gasteiger partial charge on any atom is 0.0992 e. The summed E-state index contributed by atoms with van der Waals surface area (Å²) in [6, 6.07) is 13.8. The summed E-state index contributed by atoms with van der Waals surface area (Å²) in [7, 11) is 1.98. The summed E-state index contributed by atoms with van der Waals surface area (Å²) in [6.45, 7) is 4.16. The van der Waals surface area contributed by atoms with E-state index in [0.717, 1.165) is 11.4 Å². The maximum absolute atomic E-state index is 8.86. The number of nitriles is 1. The molecule has 3 nitrogen and oxygen atoms in total. The van der Waals surface area contributed by atoms with Crippen LogP contribution >= 0.6 is 0 Å². The number of hydrogen-bond acceptors (Lipinski definition) is 3. The summed E-state index contributed by atoms with van der Waals surface area (Å²) in [5.74, 6) is 0. The van der Waals surface area contributed by atoms with E-state index in [-0.39, 0.29) is 0 Å². The molecule has 0 unspecified atom stereocenters. The fourth-order valence-corrected chi connectivity index (χ4v) is 2.24. The Bertz CT molecular complexity index is 654. The number of nitrogens with two attached hydrogens (primary N) is 1. The van der Waals surface area contributed by atoms with Crippen LogP contribution in [0, 0.1) is 25.2 Å². The van der Waals surface area contributed by atoms with E-state index in [1.165, 1.54) is 11.1 Å². The Balaban J connectivity index is 2.44. The summed E-state index contributed by atoms with van der Waals surface area (Å²) in [5, 5.41) is 8.86. The Morgan fingerprint density at radius 3 is 2.32 bits per heavy atom. The number of rotatable bonds is 2. The average molecular weight is 251 g/mol. The summed E-state index contributed by atoms with van der Waals surface area (Å²) in [5.41, 5.74) is 11.7. The summed E-state index contributed by atoms with van der Waals surface area (Å²) in [6.07, 6.45) is 0. The first-order chi connectivity index (χ1) is 9.02. The molecule has 2 aromatic carbocycles. The van der Waals surface area contributed by atoms with Gasteiger partial charge in [0.25, 0.3) is 0 Å². The lowest BCUT2D eigenvalue weighted by Gasteiger charge is -2.23. The van der Waals surface area contributed by atoms with Crippen molar-refractivity contribution in [2.24, 2.45) is 0 Å². The van der Waals surface area contributed by atoms with Gasteiger partial charge in [-0.1, -0.05) is 17.7 Å². The highest BCUT2D eigenvalue weighted by Gasteiger charge is 2.10. The standard InChI is InChI=1S/C16H17N3/c1-11-4-6-15(12(2)8-11)19(3)16-7-5-13(10-17)9-14(16)18/h4-9H,18H2,1-3H3. The minimum absolute atomic E-state index is 0.579. The van der Waals surface area contributed by atoms with Crippen LogP contribution in [0.15, 0.2) is 36.4 Å². The molecule has 0 spiro atoms. The molecule has 0 aliphatic heterocycles. The topological polar surface area (TPSA) is 53.0 Å². The second kappa shape index (κ2) is 5.03. The van der Waals surface area contributed by atoms with E-state index in [4.69, 9.17) is 11.0 Å². The zero-order valence-corrected chi connectivity index (χ0v) is 11.4. The third kappa shape index (κ3) is 2.53. The third-order valence-corrected chi connectivity index (χ3v) is 3.23. The number of aryl methyl sites for hydroxylation is 2. The molecule has 19 heavy (non-hydrogen) atoms. The van der Waals surface area contributed by atoms with Crippen molar-refractivity contribution >= 4 is 17.1 Å². The van der Waals surface area contributed by atoms with Crippen LogP contribution in [-0.2, 0) is 0 Å². The van der Waals surface area contributed by atoms with Gasteiger partial charge in [-0.15, -0.1) is 0 Å². The number of nitrogens with zero attached hydrogens (tertiary/aromatic N) is 2. The van der Waals surface area contributed by atoms with Gasteiger partial charge in [0.05, 0.1) is 23.0 Å². The molecule has 0 aliphatic carbocycles. The Kier molecular flexibility index (Phi) is 3.43. The van der Waals surface area contributed by atoms with Crippen molar-refractivity contribution in [3.05, 3.63) is 53.1 Å². The Morgan fingerprint density at radius 1 is 1.05 bits per heavy atom. The predicted molar refractivity (Wildman–Crippen MR) is 79.5 cm³/mol. The van der Waals surface area contributed by atoms with E-state index in [1.54, 1.807) is 12.1 Å². The van der Waals surface area contributed by atoms with Crippen LogP contribution in [0.5, 0.6) is 0 Å². The molecule has 0 aliphatic rings. The van der Waals surface area contributed by atoms with Crippen LogP contribution in [0.25, 0.3) is 0 Å². The van der Waals surface area contributed by atoms with Crippen LogP contribution < -0.4 is 10.6 Å². The molecule has 2 rings (SSSR count). The number of hydrogen-bond donors (Lipinski definition) is 1. The molecule has 0 fully saturated rings. The predicted octanol–water partition coefficient (Wildman–Crippen LogP) is 3.53. The van der Waals surface area contributed by atoms with Crippen molar-refractivity contribution in [1.29, 1.82) is 5.26 Å². The highest BCUT2D eigenvalue weighted by molar-refractivity contribution is 5.76. The van der Waals surface area contributed by atoms with E-state index in [2.05, 4.69) is 38.1 Å². The molecular formula is C16H17N3. The summed E-state index contributed by atoms with van der Waals surface area (Å²) in [4.78, 5) is 2.05. The molecule has 0 aromatic heterocycles. The van der Waals surface area contributed by atoms with Gasteiger partial charge >= 0.3 is 0 Å². The van der Waals surface area contributed by atoms with Gasteiger partial charge in [0.15, 0.2) is 0 Å². The molecule has 2 N–H and O–H groups in total. The van der Waals surface area contributed by atoms with Crippen LogP contribution in [0.2, 0.25) is 0 Å². The Hall–Kier alpha value is -2.47. The van der Waals surface area contributed by atoms with Crippen LogP contribution in [-0.4, -0.2) is 7.05 Å². The quantitative estimate of drug-likeness (QED) is 0.831. The highest BCUT2D eigenvalue weighted by atomic mass is 15.1. The van der Waals surface area contributed by atoms with Crippen LogP contribution in [0.3, 0.4) is 0 Å². The first-order valence-corrected chi connectivity index (χ1v) is 6.13. The lowest BCUT2D eigenvalue weighted by Crippen LogP contribution is -2.13. The second-order valence-corrected chi connectivity index (χ2v) is 4.73. The van der Waals surface area contributed by atoms with E-state index in [9.17, 15) is 0 Å². The Morgan fingerprint density at radius 2 is 1.74 bits per heavy atom. The molecule has 0 radical (unpaired) electrons. The molecule has 0 saturated carbocycles. The van der Waals surface area contributed by atoms with Crippen molar-refractivity contribution in [2.75, 3.05) is 17.7 Å². The fraction of sp³-hybridized carbons (Fsp3) is 0.188. The van der Waals surface area contributed by atoms with Crippen molar-refractivity contribution in [2.45, 2.75) is 13.8 Å². The number of benzene rings is 2. The average Bonchev–Trinajstić information content (AvgIpc) is 2.37. The van der Waals surface area contributed by atoms with Gasteiger partial charge in [-0.25, -0.2) is 0 Å². The molecule has 0 saturated heterocycles. The largest absolute Gasteiger partial charge is 0.397 e. The van der Waals surface area contributed by atoms with Crippen molar-refractivity contribution in [1.82, 2.24) is 0 Å². The van der Waals surface area contributed by atoms with E-state index < -0.39 is 0 Å².